The van der Waals surface area contributed by atoms with E-state index in [0.717, 1.165) is 34.5 Å². The van der Waals surface area contributed by atoms with Gasteiger partial charge in [0.15, 0.2) is 0 Å². The largest absolute Gasteiger partial charge is 0.489 e. The van der Waals surface area contributed by atoms with Crippen LogP contribution in [-0.2, 0) is 11.2 Å². The number of aromatic nitrogens is 2. The van der Waals surface area contributed by atoms with Crippen molar-refractivity contribution in [2.24, 2.45) is 0 Å². The predicted molar refractivity (Wildman–Crippen MR) is 100 cm³/mol. The Kier molecular flexibility index (Phi) is 5.60. The number of nitrogens with one attached hydrogen (secondary N) is 1. The average Bonchev–Trinajstić information content (AvgIpc) is 3.02. The zero-order valence-corrected chi connectivity index (χ0v) is 15.2. The highest BCUT2D eigenvalue weighted by Crippen LogP contribution is 2.23. The number of ether oxygens (including phenoxy) is 1. The standard InChI is InChI=1S/C19H21N3O2S/c1-13-6-7-15-4-3-5-16(19(15)22-13)24-11-10-20-18(23)9-8-17-14(2)21-12-25-17/h3-7,12H,8-11H2,1-2H3,(H,20,23). The molecule has 6 heteroatoms. The highest BCUT2D eigenvalue weighted by atomic mass is 32.1. The van der Waals surface area contributed by atoms with Crippen LogP contribution in [0.2, 0.25) is 0 Å². The maximum atomic E-state index is 11.9. The second kappa shape index (κ2) is 8.07. The van der Waals surface area contributed by atoms with Crippen LogP contribution >= 0.6 is 11.3 Å². The minimum Gasteiger partial charge on any atom is -0.489 e. The van der Waals surface area contributed by atoms with Crippen molar-refractivity contribution in [3.63, 3.8) is 0 Å². The van der Waals surface area contributed by atoms with Crippen molar-refractivity contribution in [1.82, 2.24) is 15.3 Å². The third-order valence-corrected chi connectivity index (χ3v) is 4.92. The van der Waals surface area contributed by atoms with E-state index in [1.165, 1.54) is 4.88 Å². The maximum absolute atomic E-state index is 11.9. The molecule has 0 bridgehead atoms. The first-order chi connectivity index (χ1) is 12.1. The molecule has 0 spiro atoms. The van der Waals surface area contributed by atoms with Gasteiger partial charge in [-0.05, 0) is 32.4 Å². The molecule has 0 aliphatic heterocycles. The van der Waals surface area contributed by atoms with Crippen LogP contribution in [0.1, 0.15) is 22.7 Å². The summed E-state index contributed by atoms with van der Waals surface area (Å²) in [7, 11) is 0. The second-order valence-corrected chi connectivity index (χ2v) is 6.78. The number of thiazole rings is 1. The summed E-state index contributed by atoms with van der Waals surface area (Å²) >= 11 is 1.60. The number of amides is 1. The van der Waals surface area contributed by atoms with E-state index in [4.69, 9.17) is 4.74 Å². The van der Waals surface area contributed by atoms with Crippen LogP contribution in [0.25, 0.3) is 10.9 Å². The lowest BCUT2D eigenvalue weighted by molar-refractivity contribution is -0.121. The molecule has 1 aromatic carbocycles. The summed E-state index contributed by atoms with van der Waals surface area (Å²) < 4.78 is 5.81. The number of carbonyl (C=O) groups excluding carboxylic acids is 1. The average molecular weight is 355 g/mol. The van der Waals surface area contributed by atoms with Crippen LogP contribution in [0.3, 0.4) is 0 Å². The number of fused-ring (bicyclic) bond motifs is 1. The van der Waals surface area contributed by atoms with Gasteiger partial charge in [0, 0.05) is 22.4 Å². The molecule has 1 amide bonds. The molecule has 0 saturated heterocycles. The van der Waals surface area contributed by atoms with Gasteiger partial charge in [-0.3, -0.25) is 4.79 Å². The molecule has 5 nitrogen and oxygen atoms in total. The van der Waals surface area contributed by atoms with E-state index in [0.29, 0.717) is 19.6 Å². The second-order valence-electron chi connectivity index (χ2n) is 5.84. The molecule has 0 aliphatic carbocycles. The Morgan fingerprint density at radius 3 is 2.92 bits per heavy atom. The summed E-state index contributed by atoms with van der Waals surface area (Å²) in [6.07, 6.45) is 1.20. The van der Waals surface area contributed by atoms with E-state index in [1.54, 1.807) is 11.3 Å². The van der Waals surface area contributed by atoms with Gasteiger partial charge >= 0.3 is 0 Å². The van der Waals surface area contributed by atoms with Gasteiger partial charge in [-0.15, -0.1) is 11.3 Å². The number of para-hydroxylation sites is 1. The van der Waals surface area contributed by atoms with Crippen molar-refractivity contribution in [3.05, 3.63) is 52.1 Å². The van der Waals surface area contributed by atoms with Gasteiger partial charge in [-0.2, -0.15) is 0 Å². The number of aryl methyl sites for hydroxylation is 3. The Balaban J connectivity index is 1.46. The molecule has 0 unspecified atom stereocenters. The zero-order chi connectivity index (χ0) is 17.6. The fourth-order valence-corrected chi connectivity index (χ4v) is 3.35. The van der Waals surface area contributed by atoms with Gasteiger partial charge in [0.25, 0.3) is 0 Å². The molecular weight excluding hydrogens is 334 g/mol. The number of carbonyl (C=O) groups is 1. The minimum atomic E-state index is 0.0308. The molecule has 130 valence electrons. The van der Waals surface area contributed by atoms with Crippen molar-refractivity contribution in [2.75, 3.05) is 13.2 Å². The molecule has 2 heterocycles. The molecule has 25 heavy (non-hydrogen) atoms. The van der Waals surface area contributed by atoms with Crippen molar-refractivity contribution in [1.29, 1.82) is 0 Å². The number of benzene rings is 1. The molecule has 0 aliphatic rings. The van der Waals surface area contributed by atoms with E-state index < -0.39 is 0 Å². The van der Waals surface area contributed by atoms with E-state index in [9.17, 15) is 4.79 Å². The summed E-state index contributed by atoms with van der Waals surface area (Å²) in [5.74, 6) is 0.777. The molecule has 0 radical (unpaired) electrons. The molecule has 0 atom stereocenters. The Labute approximate surface area is 151 Å². The Hall–Kier alpha value is -2.47. The lowest BCUT2D eigenvalue weighted by Gasteiger charge is -2.10. The van der Waals surface area contributed by atoms with E-state index in [1.807, 2.05) is 49.7 Å². The van der Waals surface area contributed by atoms with E-state index in [-0.39, 0.29) is 5.91 Å². The molecular formula is C19H21N3O2S. The first-order valence-corrected chi connectivity index (χ1v) is 9.16. The molecule has 2 aromatic heterocycles. The van der Waals surface area contributed by atoms with Gasteiger partial charge in [0.1, 0.15) is 17.9 Å². The summed E-state index contributed by atoms with van der Waals surface area (Å²) in [4.78, 5) is 21.8. The minimum absolute atomic E-state index is 0.0308. The smallest absolute Gasteiger partial charge is 0.220 e. The topological polar surface area (TPSA) is 64.1 Å². The third-order valence-electron chi connectivity index (χ3n) is 3.93. The van der Waals surface area contributed by atoms with Crippen LogP contribution in [0.15, 0.2) is 35.8 Å². The van der Waals surface area contributed by atoms with Gasteiger partial charge in [0.2, 0.25) is 5.91 Å². The SMILES string of the molecule is Cc1ccc2cccc(OCCNC(=O)CCc3scnc3C)c2n1. The maximum Gasteiger partial charge on any atom is 0.220 e. The highest BCUT2D eigenvalue weighted by Gasteiger charge is 2.07. The monoisotopic (exact) mass is 355 g/mol. The fraction of sp³-hybridized carbons (Fsp3) is 0.316. The molecule has 0 fully saturated rings. The van der Waals surface area contributed by atoms with E-state index in [2.05, 4.69) is 15.3 Å². The van der Waals surface area contributed by atoms with Crippen molar-refractivity contribution < 1.29 is 9.53 Å². The first-order valence-electron chi connectivity index (χ1n) is 8.28. The quantitative estimate of drug-likeness (QED) is 0.660. The van der Waals surface area contributed by atoms with Gasteiger partial charge < -0.3 is 10.1 Å². The Morgan fingerprint density at radius 1 is 1.24 bits per heavy atom. The highest BCUT2D eigenvalue weighted by molar-refractivity contribution is 7.09. The van der Waals surface area contributed by atoms with Gasteiger partial charge in [-0.25, -0.2) is 9.97 Å². The van der Waals surface area contributed by atoms with Crippen molar-refractivity contribution in [3.8, 4) is 5.75 Å². The molecule has 0 saturated carbocycles. The fourth-order valence-electron chi connectivity index (χ4n) is 2.57. The lowest BCUT2D eigenvalue weighted by Crippen LogP contribution is -2.28. The predicted octanol–water partition coefficient (Wildman–Crippen LogP) is 3.44. The molecule has 3 aromatic rings. The summed E-state index contributed by atoms with van der Waals surface area (Å²) in [6, 6.07) is 9.89. The number of hydrogen-bond acceptors (Lipinski definition) is 5. The summed E-state index contributed by atoms with van der Waals surface area (Å²) in [5.41, 5.74) is 4.64. The van der Waals surface area contributed by atoms with Crippen LogP contribution in [0.4, 0.5) is 0 Å². The van der Waals surface area contributed by atoms with Gasteiger partial charge in [-0.1, -0.05) is 18.2 Å². The molecule has 3 rings (SSSR count). The summed E-state index contributed by atoms with van der Waals surface area (Å²) in [5, 5.41) is 3.94. The number of hydrogen-bond donors (Lipinski definition) is 1. The zero-order valence-electron chi connectivity index (χ0n) is 14.4. The molecule has 1 N–H and O–H groups in total. The summed E-state index contributed by atoms with van der Waals surface area (Å²) in [6.45, 7) is 4.82. The van der Waals surface area contributed by atoms with Crippen LogP contribution in [0, 0.1) is 13.8 Å². The number of rotatable bonds is 7. The number of nitrogens with zero attached hydrogens (tertiary/aromatic N) is 2. The van der Waals surface area contributed by atoms with Crippen LogP contribution < -0.4 is 10.1 Å². The lowest BCUT2D eigenvalue weighted by atomic mass is 10.2. The normalized spacial score (nSPS) is 10.8. The van der Waals surface area contributed by atoms with Gasteiger partial charge in [0.05, 0.1) is 17.7 Å². The Bertz CT molecular complexity index is 876. The van der Waals surface area contributed by atoms with E-state index >= 15 is 0 Å². The third kappa shape index (κ3) is 4.54. The first kappa shape index (κ1) is 17.4. The van der Waals surface area contributed by atoms with Crippen LogP contribution in [-0.4, -0.2) is 29.0 Å². The van der Waals surface area contributed by atoms with Crippen molar-refractivity contribution in [2.45, 2.75) is 26.7 Å². The van der Waals surface area contributed by atoms with Crippen LogP contribution in [0.5, 0.6) is 5.75 Å². The Morgan fingerprint density at radius 2 is 2.12 bits per heavy atom. The van der Waals surface area contributed by atoms with Crippen molar-refractivity contribution >= 4 is 28.1 Å². The number of pyridine rings is 1.